The van der Waals surface area contributed by atoms with Crippen molar-refractivity contribution in [2.75, 3.05) is 7.11 Å². The van der Waals surface area contributed by atoms with Crippen molar-refractivity contribution in [2.24, 2.45) is 0 Å². The molecule has 1 unspecified atom stereocenters. The first kappa shape index (κ1) is 14.7. The highest BCUT2D eigenvalue weighted by molar-refractivity contribution is 9.10. The van der Waals surface area contributed by atoms with Crippen molar-refractivity contribution in [1.29, 1.82) is 0 Å². The van der Waals surface area contributed by atoms with E-state index >= 15 is 0 Å². The third kappa shape index (κ3) is 3.63. The van der Waals surface area contributed by atoms with Gasteiger partial charge in [-0.3, -0.25) is 4.79 Å². The lowest BCUT2D eigenvalue weighted by molar-refractivity contribution is -0.121. The van der Waals surface area contributed by atoms with Gasteiger partial charge in [0, 0.05) is 10.5 Å². The van der Waals surface area contributed by atoms with Gasteiger partial charge in [-0.15, -0.1) is 11.6 Å². The number of hydrogen-bond donors (Lipinski definition) is 1. The highest BCUT2D eigenvalue weighted by Gasteiger charge is 2.24. The lowest BCUT2D eigenvalue weighted by Crippen LogP contribution is -2.35. The Balaban J connectivity index is 2.09. The Bertz CT molecular complexity index is 461. The molecule has 1 amide bonds. The van der Waals surface area contributed by atoms with Crippen LogP contribution in [0.5, 0.6) is 5.75 Å². The first-order valence-corrected chi connectivity index (χ1v) is 7.62. The fraction of sp³-hybridized carbons (Fsp3) is 0.500. The quantitative estimate of drug-likeness (QED) is 0.842. The van der Waals surface area contributed by atoms with Crippen LogP contribution < -0.4 is 10.1 Å². The maximum absolute atomic E-state index is 12.1. The lowest BCUT2D eigenvalue weighted by Gasteiger charge is -2.17. The Morgan fingerprint density at radius 2 is 2.16 bits per heavy atom. The van der Waals surface area contributed by atoms with Crippen molar-refractivity contribution >= 4 is 33.4 Å². The molecule has 1 aliphatic carbocycles. The predicted molar refractivity (Wildman–Crippen MR) is 79.7 cm³/mol. The topological polar surface area (TPSA) is 38.3 Å². The standard InChI is InChI=1S/C14H17BrClNO2/c1-19-10-6-7-12(15)11(8-10)13(16)14(18)17-9-4-2-3-5-9/h6-9,13H,2-5H2,1H3,(H,17,18). The average molecular weight is 347 g/mol. The largest absolute Gasteiger partial charge is 0.497 e. The number of rotatable bonds is 4. The molecule has 1 saturated carbocycles. The molecule has 0 aromatic heterocycles. The van der Waals surface area contributed by atoms with Gasteiger partial charge in [0.1, 0.15) is 11.1 Å². The maximum atomic E-state index is 12.1. The van der Waals surface area contributed by atoms with E-state index in [9.17, 15) is 4.79 Å². The van der Waals surface area contributed by atoms with Gasteiger partial charge in [-0.2, -0.15) is 0 Å². The molecule has 104 valence electrons. The fourth-order valence-corrected chi connectivity index (χ4v) is 3.18. The first-order valence-electron chi connectivity index (χ1n) is 6.39. The van der Waals surface area contributed by atoms with Gasteiger partial charge in [-0.05, 0) is 36.6 Å². The third-order valence-corrected chi connectivity index (χ3v) is 4.56. The van der Waals surface area contributed by atoms with Crippen LogP contribution in [0.25, 0.3) is 0 Å². The SMILES string of the molecule is COc1ccc(Br)c(C(Cl)C(=O)NC2CCCC2)c1. The number of benzene rings is 1. The van der Waals surface area contributed by atoms with E-state index in [1.165, 1.54) is 12.8 Å². The molecule has 0 saturated heterocycles. The molecule has 0 radical (unpaired) electrons. The van der Waals surface area contributed by atoms with Gasteiger partial charge in [-0.25, -0.2) is 0 Å². The van der Waals surface area contributed by atoms with Crippen molar-refractivity contribution in [3.05, 3.63) is 28.2 Å². The molecule has 0 heterocycles. The number of ether oxygens (including phenoxy) is 1. The predicted octanol–water partition coefficient (Wildman–Crippen LogP) is 3.80. The third-order valence-electron chi connectivity index (χ3n) is 3.41. The van der Waals surface area contributed by atoms with Gasteiger partial charge in [0.25, 0.3) is 0 Å². The molecule has 1 N–H and O–H groups in total. The minimum Gasteiger partial charge on any atom is -0.497 e. The van der Waals surface area contributed by atoms with Crippen molar-refractivity contribution in [2.45, 2.75) is 37.1 Å². The molecule has 0 aliphatic heterocycles. The van der Waals surface area contributed by atoms with E-state index in [-0.39, 0.29) is 11.9 Å². The zero-order chi connectivity index (χ0) is 13.8. The van der Waals surface area contributed by atoms with Crippen LogP contribution in [0, 0.1) is 0 Å². The van der Waals surface area contributed by atoms with E-state index in [2.05, 4.69) is 21.2 Å². The van der Waals surface area contributed by atoms with Crippen LogP contribution in [-0.4, -0.2) is 19.1 Å². The van der Waals surface area contributed by atoms with E-state index in [1.54, 1.807) is 13.2 Å². The van der Waals surface area contributed by atoms with E-state index in [0.717, 1.165) is 22.9 Å². The number of carbonyl (C=O) groups is 1. The molecule has 2 rings (SSSR count). The summed E-state index contributed by atoms with van der Waals surface area (Å²) < 4.78 is 5.98. The fourth-order valence-electron chi connectivity index (χ4n) is 2.33. The van der Waals surface area contributed by atoms with Crippen LogP contribution in [0.4, 0.5) is 0 Å². The van der Waals surface area contributed by atoms with Gasteiger partial charge >= 0.3 is 0 Å². The van der Waals surface area contributed by atoms with Crippen LogP contribution in [-0.2, 0) is 4.79 Å². The van der Waals surface area contributed by atoms with Crippen molar-refractivity contribution in [1.82, 2.24) is 5.32 Å². The lowest BCUT2D eigenvalue weighted by atomic mass is 10.1. The highest BCUT2D eigenvalue weighted by Crippen LogP contribution is 2.32. The summed E-state index contributed by atoms with van der Waals surface area (Å²) in [6.45, 7) is 0. The summed E-state index contributed by atoms with van der Waals surface area (Å²) >= 11 is 9.69. The van der Waals surface area contributed by atoms with E-state index in [0.29, 0.717) is 5.75 Å². The molecular weight excluding hydrogens is 330 g/mol. The monoisotopic (exact) mass is 345 g/mol. The van der Waals surface area contributed by atoms with E-state index in [1.807, 2.05) is 12.1 Å². The number of hydrogen-bond acceptors (Lipinski definition) is 2. The molecule has 19 heavy (non-hydrogen) atoms. The molecule has 1 atom stereocenters. The summed E-state index contributed by atoms with van der Waals surface area (Å²) in [6.07, 6.45) is 4.46. The van der Waals surface area contributed by atoms with Gasteiger partial charge in [0.2, 0.25) is 5.91 Å². The van der Waals surface area contributed by atoms with Crippen LogP contribution in [0.1, 0.15) is 36.6 Å². The second-order valence-electron chi connectivity index (χ2n) is 4.74. The summed E-state index contributed by atoms with van der Waals surface area (Å²) in [5.74, 6) is 0.556. The number of nitrogens with one attached hydrogen (secondary N) is 1. The molecule has 0 bridgehead atoms. The zero-order valence-corrected chi connectivity index (χ0v) is 13.1. The van der Waals surface area contributed by atoms with Crippen molar-refractivity contribution in [3.8, 4) is 5.75 Å². The van der Waals surface area contributed by atoms with Crippen LogP contribution >= 0.6 is 27.5 Å². The Kier molecular flexibility index (Phi) is 5.11. The number of amides is 1. The molecule has 1 aromatic rings. The van der Waals surface area contributed by atoms with Crippen LogP contribution in [0.3, 0.4) is 0 Å². The van der Waals surface area contributed by atoms with E-state index in [4.69, 9.17) is 16.3 Å². The summed E-state index contributed by atoms with van der Waals surface area (Å²) in [6, 6.07) is 5.73. The van der Waals surface area contributed by atoms with Gasteiger partial charge in [-0.1, -0.05) is 28.8 Å². The molecule has 1 aromatic carbocycles. The Morgan fingerprint density at radius 3 is 2.79 bits per heavy atom. The summed E-state index contributed by atoms with van der Waals surface area (Å²) in [5.41, 5.74) is 0.733. The smallest absolute Gasteiger partial charge is 0.242 e. The summed E-state index contributed by atoms with van der Waals surface area (Å²) in [5, 5.41) is 2.31. The zero-order valence-electron chi connectivity index (χ0n) is 10.8. The Morgan fingerprint density at radius 1 is 1.47 bits per heavy atom. The second kappa shape index (κ2) is 6.62. The highest BCUT2D eigenvalue weighted by atomic mass is 79.9. The normalized spacial score (nSPS) is 17.2. The van der Waals surface area contributed by atoms with Crippen LogP contribution in [0.15, 0.2) is 22.7 Å². The van der Waals surface area contributed by atoms with Gasteiger partial charge in [0.05, 0.1) is 7.11 Å². The Hall–Kier alpha value is -0.740. The summed E-state index contributed by atoms with van der Waals surface area (Å²) in [7, 11) is 1.59. The molecule has 0 spiro atoms. The molecule has 1 aliphatic rings. The van der Waals surface area contributed by atoms with Gasteiger partial charge in [0.15, 0.2) is 0 Å². The minimum absolute atomic E-state index is 0.137. The van der Waals surface area contributed by atoms with Crippen LogP contribution in [0.2, 0.25) is 0 Å². The number of alkyl halides is 1. The van der Waals surface area contributed by atoms with Crippen molar-refractivity contribution < 1.29 is 9.53 Å². The molecule has 5 heteroatoms. The van der Waals surface area contributed by atoms with E-state index < -0.39 is 5.38 Å². The maximum Gasteiger partial charge on any atom is 0.242 e. The van der Waals surface area contributed by atoms with Gasteiger partial charge < -0.3 is 10.1 Å². The summed E-state index contributed by atoms with van der Waals surface area (Å²) in [4.78, 5) is 12.1. The second-order valence-corrected chi connectivity index (χ2v) is 6.03. The number of methoxy groups -OCH3 is 1. The Labute approximate surface area is 126 Å². The molecule has 3 nitrogen and oxygen atoms in total. The number of carbonyl (C=O) groups excluding carboxylic acids is 1. The minimum atomic E-state index is -0.704. The van der Waals surface area contributed by atoms with Crippen molar-refractivity contribution in [3.63, 3.8) is 0 Å². The average Bonchev–Trinajstić information content (AvgIpc) is 2.91. The number of halogens is 2. The molecule has 1 fully saturated rings. The molecular formula is C14H17BrClNO2. The first-order chi connectivity index (χ1) is 9.11.